The van der Waals surface area contributed by atoms with Gasteiger partial charge in [0.15, 0.2) is 5.65 Å². The van der Waals surface area contributed by atoms with Crippen LogP contribution in [0, 0.1) is 6.92 Å². The van der Waals surface area contributed by atoms with E-state index in [0.29, 0.717) is 16.7 Å². The van der Waals surface area contributed by atoms with Gasteiger partial charge in [-0.2, -0.15) is 0 Å². The van der Waals surface area contributed by atoms with Crippen molar-refractivity contribution in [2.75, 3.05) is 5.73 Å². The van der Waals surface area contributed by atoms with Crippen LogP contribution in [0.15, 0.2) is 48.5 Å². The topological polar surface area (TPSA) is 83.0 Å². The van der Waals surface area contributed by atoms with Crippen molar-refractivity contribution in [3.8, 4) is 5.69 Å². The molecule has 27 heavy (non-hydrogen) atoms. The van der Waals surface area contributed by atoms with Gasteiger partial charge in [-0.3, -0.25) is 4.57 Å². The second kappa shape index (κ2) is 6.39. The molecular formula is C21H20N4O2. The molecule has 0 radical (unpaired) electrons. The minimum atomic E-state index is -0.497. The third kappa shape index (κ3) is 2.89. The minimum Gasteiger partial charge on any atom is -0.459 e. The van der Waals surface area contributed by atoms with E-state index < -0.39 is 5.97 Å². The summed E-state index contributed by atoms with van der Waals surface area (Å²) in [5, 5.41) is 0. The monoisotopic (exact) mass is 360 g/mol. The molecule has 0 atom stereocenters. The lowest BCUT2D eigenvalue weighted by Gasteiger charge is -2.09. The van der Waals surface area contributed by atoms with Gasteiger partial charge in [-0.25, -0.2) is 14.8 Å². The molecule has 136 valence electrons. The van der Waals surface area contributed by atoms with Gasteiger partial charge in [0.05, 0.1) is 17.1 Å². The summed E-state index contributed by atoms with van der Waals surface area (Å²) in [6.45, 7) is 5.61. The molecule has 0 saturated heterocycles. The Kier molecular flexibility index (Phi) is 4.03. The number of anilines is 1. The van der Waals surface area contributed by atoms with Crippen molar-refractivity contribution < 1.29 is 9.53 Å². The summed E-state index contributed by atoms with van der Waals surface area (Å²) >= 11 is 0. The predicted molar refractivity (Wildman–Crippen MR) is 106 cm³/mol. The number of nitrogen functional groups attached to an aromatic ring is 1. The summed E-state index contributed by atoms with van der Waals surface area (Å²) in [6.07, 6.45) is -0.261. The highest BCUT2D eigenvalue weighted by molar-refractivity contribution is 6.09. The number of para-hydroxylation sites is 2. The number of aromatic nitrogens is 3. The highest BCUT2D eigenvalue weighted by Gasteiger charge is 2.26. The summed E-state index contributed by atoms with van der Waals surface area (Å²) in [5.74, 6) is -0.224. The number of esters is 1. The molecule has 2 N–H and O–H groups in total. The lowest BCUT2D eigenvalue weighted by Crippen LogP contribution is -2.13. The molecule has 0 fully saturated rings. The number of ether oxygens (including phenoxy) is 1. The fourth-order valence-electron chi connectivity index (χ4n) is 3.09. The predicted octanol–water partition coefficient (Wildman–Crippen LogP) is 4.03. The maximum absolute atomic E-state index is 12.7. The van der Waals surface area contributed by atoms with Gasteiger partial charge >= 0.3 is 5.97 Å². The van der Waals surface area contributed by atoms with E-state index in [1.54, 1.807) is 18.4 Å². The zero-order valence-electron chi connectivity index (χ0n) is 15.4. The molecule has 2 aromatic carbocycles. The Bertz CT molecular complexity index is 1160. The van der Waals surface area contributed by atoms with Crippen LogP contribution < -0.4 is 5.73 Å². The van der Waals surface area contributed by atoms with E-state index in [4.69, 9.17) is 15.5 Å². The number of carbonyl (C=O) groups excluding carboxylic acids is 1. The first-order valence-corrected chi connectivity index (χ1v) is 8.80. The van der Waals surface area contributed by atoms with Crippen LogP contribution in [-0.4, -0.2) is 26.6 Å². The van der Waals surface area contributed by atoms with Gasteiger partial charge in [-0.1, -0.05) is 29.8 Å². The number of fused-ring (bicyclic) bond motifs is 2. The average molecular weight is 360 g/mol. The number of carbonyl (C=O) groups is 1. The summed E-state index contributed by atoms with van der Waals surface area (Å²) in [7, 11) is 0. The molecule has 0 unspecified atom stereocenters. The Hall–Kier alpha value is -3.41. The number of rotatable bonds is 3. The maximum Gasteiger partial charge on any atom is 0.344 e. The molecule has 4 rings (SSSR count). The molecule has 0 aliphatic rings. The second-order valence-corrected chi connectivity index (χ2v) is 6.77. The van der Waals surface area contributed by atoms with Crippen LogP contribution in [0.25, 0.3) is 27.9 Å². The number of benzene rings is 2. The Morgan fingerprint density at radius 2 is 1.67 bits per heavy atom. The van der Waals surface area contributed by atoms with Crippen molar-refractivity contribution in [3.05, 3.63) is 59.7 Å². The molecule has 0 amide bonds. The van der Waals surface area contributed by atoms with Gasteiger partial charge in [0.2, 0.25) is 0 Å². The van der Waals surface area contributed by atoms with E-state index in [2.05, 4.69) is 4.98 Å². The van der Waals surface area contributed by atoms with Crippen molar-refractivity contribution in [2.24, 2.45) is 0 Å². The quantitative estimate of drug-likeness (QED) is 0.558. The third-order valence-electron chi connectivity index (χ3n) is 4.34. The fourth-order valence-corrected chi connectivity index (χ4v) is 3.09. The van der Waals surface area contributed by atoms with E-state index >= 15 is 0 Å². The van der Waals surface area contributed by atoms with Crippen LogP contribution >= 0.6 is 0 Å². The van der Waals surface area contributed by atoms with Gasteiger partial charge in [0.25, 0.3) is 0 Å². The van der Waals surface area contributed by atoms with Crippen molar-refractivity contribution in [1.82, 2.24) is 14.5 Å². The van der Waals surface area contributed by atoms with E-state index in [1.807, 2.05) is 55.5 Å². The summed E-state index contributed by atoms with van der Waals surface area (Å²) in [5.41, 5.74) is 11.0. The van der Waals surface area contributed by atoms with Crippen LogP contribution in [0.5, 0.6) is 0 Å². The van der Waals surface area contributed by atoms with E-state index in [0.717, 1.165) is 16.8 Å². The molecule has 4 aromatic rings. The molecular weight excluding hydrogens is 340 g/mol. The molecule has 0 saturated carbocycles. The smallest absolute Gasteiger partial charge is 0.344 e. The van der Waals surface area contributed by atoms with Crippen LogP contribution in [-0.2, 0) is 4.74 Å². The van der Waals surface area contributed by atoms with E-state index in [1.165, 1.54) is 0 Å². The maximum atomic E-state index is 12.7. The lowest BCUT2D eigenvalue weighted by atomic mass is 10.2. The Morgan fingerprint density at radius 3 is 2.30 bits per heavy atom. The summed E-state index contributed by atoms with van der Waals surface area (Å²) < 4.78 is 7.16. The fraction of sp³-hybridized carbons (Fsp3) is 0.190. The molecule has 0 spiro atoms. The zero-order chi connectivity index (χ0) is 19.1. The van der Waals surface area contributed by atoms with Gasteiger partial charge in [0.1, 0.15) is 16.9 Å². The van der Waals surface area contributed by atoms with Crippen LogP contribution in [0.4, 0.5) is 5.82 Å². The van der Waals surface area contributed by atoms with Crippen LogP contribution in [0.3, 0.4) is 0 Å². The Balaban J connectivity index is 2.06. The SMILES string of the molecule is Cc1ccc(-n2c(N)c(C(=O)OC(C)C)c3nc4ccccc4nc32)cc1. The average Bonchev–Trinajstić information content (AvgIpc) is 2.91. The molecule has 6 heteroatoms. The first-order chi connectivity index (χ1) is 13.0. The standard InChI is InChI=1S/C21H20N4O2/c1-12(2)27-21(26)17-18-20(24-16-7-5-4-6-15(16)23-18)25(19(17)22)14-10-8-13(3)9-11-14/h4-12H,22H2,1-3H3. The molecule has 0 bridgehead atoms. The number of aryl methyl sites for hydroxylation is 1. The van der Waals surface area contributed by atoms with Gasteiger partial charge in [-0.05, 0) is 45.0 Å². The summed E-state index contributed by atoms with van der Waals surface area (Å²) in [4.78, 5) is 22.1. The van der Waals surface area contributed by atoms with Gasteiger partial charge in [0, 0.05) is 5.69 Å². The van der Waals surface area contributed by atoms with Crippen LogP contribution in [0.2, 0.25) is 0 Å². The largest absolute Gasteiger partial charge is 0.459 e. The summed E-state index contributed by atoms with van der Waals surface area (Å²) in [6, 6.07) is 15.4. The van der Waals surface area contributed by atoms with E-state index in [-0.39, 0.29) is 17.5 Å². The Labute approximate surface area is 156 Å². The van der Waals surface area contributed by atoms with Crippen molar-refractivity contribution in [3.63, 3.8) is 0 Å². The highest BCUT2D eigenvalue weighted by atomic mass is 16.5. The highest BCUT2D eigenvalue weighted by Crippen LogP contribution is 2.31. The van der Waals surface area contributed by atoms with Crippen molar-refractivity contribution >= 4 is 34.0 Å². The molecule has 0 aliphatic heterocycles. The number of hydrogen-bond donors (Lipinski definition) is 1. The molecule has 2 aromatic heterocycles. The van der Waals surface area contributed by atoms with Crippen molar-refractivity contribution in [2.45, 2.75) is 26.9 Å². The molecule has 0 aliphatic carbocycles. The van der Waals surface area contributed by atoms with Crippen molar-refractivity contribution in [1.29, 1.82) is 0 Å². The third-order valence-corrected chi connectivity index (χ3v) is 4.34. The molecule has 2 heterocycles. The Morgan fingerprint density at radius 1 is 1.04 bits per heavy atom. The number of nitrogens with zero attached hydrogens (tertiary/aromatic N) is 3. The first kappa shape index (κ1) is 17.0. The molecule has 6 nitrogen and oxygen atoms in total. The second-order valence-electron chi connectivity index (χ2n) is 6.77. The number of nitrogens with two attached hydrogens (primary N) is 1. The minimum absolute atomic E-state index is 0.248. The van der Waals surface area contributed by atoms with Gasteiger partial charge < -0.3 is 10.5 Å². The van der Waals surface area contributed by atoms with Crippen LogP contribution in [0.1, 0.15) is 29.8 Å². The number of hydrogen-bond acceptors (Lipinski definition) is 5. The van der Waals surface area contributed by atoms with Gasteiger partial charge in [-0.15, -0.1) is 0 Å². The van der Waals surface area contributed by atoms with E-state index in [9.17, 15) is 4.79 Å². The first-order valence-electron chi connectivity index (χ1n) is 8.80. The normalized spacial score (nSPS) is 11.4. The lowest BCUT2D eigenvalue weighted by molar-refractivity contribution is 0.0381. The zero-order valence-corrected chi connectivity index (χ0v) is 15.4.